The van der Waals surface area contributed by atoms with Crippen LogP contribution >= 0.6 is 27.5 Å². The van der Waals surface area contributed by atoms with Crippen LogP contribution in [0.2, 0.25) is 0 Å². The average Bonchev–Trinajstić information content (AvgIpc) is 2.64. The Labute approximate surface area is 115 Å². The number of likely N-dealkylation sites (tertiary alicyclic amines) is 1. The molecule has 1 saturated heterocycles. The summed E-state index contributed by atoms with van der Waals surface area (Å²) in [6, 6.07) is 5.46. The van der Waals surface area contributed by atoms with E-state index in [0.29, 0.717) is 24.4 Å². The minimum Gasteiger partial charge on any atom is -0.295 e. The van der Waals surface area contributed by atoms with Crippen LogP contribution in [0.3, 0.4) is 0 Å². The maximum absolute atomic E-state index is 13.7. The number of halogens is 3. The summed E-state index contributed by atoms with van der Waals surface area (Å²) in [5.41, 5.74) is 0.739. The van der Waals surface area contributed by atoms with E-state index in [4.69, 9.17) is 11.6 Å². The number of benzene rings is 1. The van der Waals surface area contributed by atoms with E-state index in [1.807, 2.05) is 6.07 Å². The standard InChI is InChI=1S/C13H16BrClFN/c1-9-4-5-17(13(9)7-15)8-10-6-11(14)2-3-12(10)16/h2-3,6,9,13H,4-5,7-8H2,1H3. The number of hydrogen-bond acceptors (Lipinski definition) is 1. The van der Waals surface area contributed by atoms with Gasteiger partial charge in [-0.1, -0.05) is 22.9 Å². The molecule has 1 aromatic rings. The molecule has 0 aromatic heterocycles. The van der Waals surface area contributed by atoms with Crippen LogP contribution in [0.25, 0.3) is 0 Å². The Balaban J connectivity index is 2.12. The van der Waals surface area contributed by atoms with Gasteiger partial charge in [-0.2, -0.15) is 0 Å². The van der Waals surface area contributed by atoms with Gasteiger partial charge in [-0.3, -0.25) is 4.90 Å². The summed E-state index contributed by atoms with van der Waals surface area (Å²) in [5.74, 6) is 1.08. The third kappa shape index (κ3) is 3.01. The minimum atomic E-state index is -0.138. The predicted molar refractivity (Wildman–Crippen MR) is 72.8 cm³/mol. The Bertz CT molecular complexity index is 399. The maximum Gasteiger partial charge on any atom is 0.127 e. The first-order valence-corrected chi connectivity index (χ1v) is 7.18. The van der Waals surface area contributed by atoms with Crippen LogP contribution in [0.15, 0.2) is 22.7 Å². The van der Waals surface area contributed by atoms with Crippen LogP contribution < -0.4 is 0 Å². The fraction of sp³-hybridized carbons (Fsp3) is 0.538. The second-order valence-corrected chi connectivity index (χ2v) is 5.92. The molecule has 2 atom stereocenters. The summed E-state index contributed by atoms with van der Waals surface area (Å²) in [6.45, 7) is 3.86. The lowest BCUT2D eigenvalue weighted by Crippen LogP contribution is -2.33. The molecule has 0 aliphatic carbocycles. The highest BCUT2D eigenvalue weighted by Gasteiger charge is 2.30. The van der Waals surface area contributed by atoms with Crippen molar-refractivity contribution in [2.45, 2.75) is 25.9 Å². The molecule has 2 unspecified atom stereocenters. The molecule has 0 N–H and O–H groups in total. The molecular formula is C13H16BrClFN. The van der Waals surface area contributed by atoms with Crippen LogP contribution in [0.5, 0.6) is 0 Å². The van der Waals surface area contributed by atoms with Gasteiger partial charge in [-0.05, 0) is 37.1 Å². The molecule has 1 heterocycles. The topological polar surface area (TPSA) is 3.24 Å². The first kappa shape index (κ1) is 13.3. The fourth-order valence-electron chi connectivity index (χ4n) is 2.42. The van der Waals surface area contributed by atoms with E-state index in [2.05, 4.69) is 27.8 Å². The quantitative estimate of drug-likeness (QED) is 0.760. The second kappa shape index (κ2) is 5.68. The molecule has 1 aliphatic rings. The number of alkyl halides is 1. The molecule has 1 aromatic carbocycles. The van der Waals surface area contributed by atoms with E-state index in [9.17, 15) is 4.39 Å². The van der Waals surface area contributed by atoms with Gasteiger partial charge in [0.15, 0.2) is 0 Å². The molecule has 0 amide bonds. The van der Waals surface area contributed by atoms with Gasteiger partial charge >= 0.3 is 0 Å². The summed E-state index contributed by atoms with van der Waals surface area (Å²) >= 11 is 9.37. The van der Waals surface area contributed by atoms with Crippen LogP contribution in [-0.2, 0) is 6.54 Å². The molecule has 94 valence electrons. The van der Waals surface area contributed by atoms with Crippen molar-refractivity contribution in [1.29, 1.82) is 0 Å². The van der Waals surface area contributed by atoms with Crippen LogP contribution in [0.4, 0.5) is 4.39 Å². The van der Waals surface area contributed by atoms with Crippen molar-refractivity contribution in [3.8, 4) is 0 Å². The van der Waals surface area contributed by atoms with Crippen molar-refractivity contribution in [3.63, 3.8) is 0 Å². The smallest absolute Gasteiger partial charge is 0.127 e. The Hall–Kier alpha value is -0.120. The molecule has 0 radical (unpaired) electrons. The van der Waals surface area contributed by atoms with Gasteiger partial charge in [0, 0.05) is 28.5 Å². The predicted octanol–water partition coefficient (Wildman–Crippen LogP) is 4.04. The van der Waals surface area contributed by atoms with Gasteiger partial charge < -0.3 is 0 Å². The van der Waals surface area contributed by atoms with Crippen molar-refractivity contribution in [1.82, 2.24) is 4.90 Å². The first-order valence-electron chi connectivity index (χ1n) is 5.85. The van der Waals surface area contributed by atoms with Gasteiger partial charge in [0.1, 0.15) is 5.82 Å². The van der Waals surface area contributed by atoms with E-state index in [1.165, 1.54) is 6.07 Å². The molecule has 1 aliphatic heterocycles. The second-order valence-electron chi connectivity index (χ2n) is 4.69. The number of nitrogens with zero attached hydrogens (tertiary/aromatic N) is 1. The van der Waals surface area contributed by atoms with Crippen LogP contribution in [-0.4, -0.2) is 23.4 Å². The largest absolute Gasteiger partial charge is 0.295 e. The van der Waals surface area contributed by atoms with Gasteiger partial charge in [-0.15, -0.1) is 11.6 Å². The SMILES string of the molecule is CC1CCN(Cc2cc(Br)ccc2F)C1CCl. The normalized spacial score (nSPS) is 25.4. The highest BCUT2D eigenvalue weighted by molar-refractivity contribution is 9.10. The van der Waals surface area contributed by atoms with Crippen LogP contribution in [0, 0.1) is 11.7 Å². The lowest BCUT2D eigenvalue weighted by Gasteiger charge is -2.25. The third-order valence-electron chi connectivity index (χ3n) is 3.54. The highest BCUT2D eigenvalue weighted by atomic mass is 79.9. The molecule has 0 saturated carbocycles. The van der Waals surface area contributed by atoms with Crippen molar-refractivity contribution in [2.75, 3.05) is 12.4 Å². The molecule has 17 heavy (non-hydrogen) atoms. The van der Waals surface area contributed by atoms with Gasteiger partial charge in [0.2, 0.25) is 0 Å². The Morgan fingerprint density at radius 1 is 1.53 bits per heavy atom. The van der Waals surface area contributed by atoms with Crippen molar-refractivity contribution >= 4 is 27.5 Å². The zero-order valence-electron chi connectivity index (χ0n) is 9.80. The highest BCUT2D eigenvalue weighted by Crippen LogP contribution is 2.27. The number of hydrogen-bond donors (Lipinski definition) is 0. The summed E-state index contributed by atoms with van der Waals surface area (Å²) in [5, 5.41) is 0. The van der Waals surface area contributed by atoms with Crippen molar-refractivity contribution in [2.24, 2.45) is 5.92 Å². The molecule has 4 heteroatoms. The van der Waals surface area contributed by atoms with Gasteiger partial charge in [-0.25, -0.2) is 4.39 Å². The monoisotopic (exact) mass is 319 g/mol. The van der Waals surface area contributed by atoms with E-state index < -0.39 is 0 Å². The Kier molecular flexibility index (Phi) is 4.45. The summed E-state index contributed by atoms with van der Waals surface area (Å²) in [6.07, 6.45) is 1.15. The van der Waals surface area contributed by atoms with E-state index in [0.717, 1.165) is 23.0 Å². The molecule has 1 fully saturated rings. The summed E-state index contributed by atoms with van der Waals surface area (Å²) in [4.78, 5) is 2.28. The molecule has 0 bridgehead atoms. The fourth-order valence-corrected chi connectivity index (χ4v) is 3.32. The Morgan fingerprint density at radius 3 is 3.00 bits per heavy atom. The maximum atomic E-state index is 13.7. The molecule has 2 rings (SSSR count). The zero-order valence-corrected chi connectivity index (χ0v) is 12.1. The first-order chi connectivity index (χ1) is 8.11. The Morgan fingerprint density at radius 2 is 2.29 bits per heavy atom. The third-order valence-corrected chi connectivity index (χ3v) is 4.35. The summed E-state index contributed by atoms with van der Waals surface area (Å²) in [7, 11) is 0. The number of rotatable bonds is 3. The van der Waals surface area contributed by atoms with Crippen molar-refractivity contribution < 1.29 is 4.39 Å². The summed E-state index contributed by atoms with van der Waals surface area (Å²) < 4.78 is 14.6. The van der Waals surface area contributed by atoms with Gasteiger partial charge in [0.05, 0.1) is 0 Å². The lowest BCUT2D eigenvalue weighted by molar-refractivity contribution is 0.239. The van der Waals surface area contributed by atoms with E-state index >= 15 is 0 Å². The molecular weight excluding hydrogens is 305 g/mol. The average molecular weight is 321 g/mol. The van der Waals surface area contributed by atoms with Crippen molar-refractivity contribution in [3.05, 3.63) is 34.1 Å². The molecule has 1 nitrogen and oxygen atoms in total. The van der Waals surface area contributed by atoms with Crippen LogP contribution in [0.1, 0.15) is 18.9 Å². The minimum absolute atomic E-state index is 0.138. The lowest BCUT2D eigenvalue weighted by atomic mass is 10.0. The van der Waals surface area contributed by atoms with E-state index in [-0.39, 0.29) is 5.82 Å². The van der Waals surface area contributed by atoms with E-state index in [1.54, 1.807) is 6.07 Å². The molecule has 0 spiro atoms. The zero-order chi connectivity index (χ0) is 12.4. The van der Waals surface area contributed by atoms with Gasteiger partial charge in [0.25, 0.3) is 0 Å².